The molecular formula is C27H22N6OS. The topological polar surface area (TPSA) is 97.5 Å². The van der Waals surface area contributed by atoms with E-state index < -0.39 is 0 Å². The van der Waals surface area contributed by atoms with Crippen molar-refractivity contribution in [2.75, 3.05) is 0 Å². The number of nitrogens with two attached hydrogens (primary N) is 1. The summed E-state index contributed by atoms with van der Waals surface area (Å²) in [5, 5.41) is 11.9. The number of para-hydroxylation sites is 2. The lowest BCUT2D eigenvalue weighted by Crippen LogP contribution is -2.15. The molecule has 4 aromatic heterocycles. The number of nitriles is 1. The van der Waals surface area contributed by atoms with Gasteiger partial charge >= 0.3 is 5.69 Å². The van der Waals surface area contributed by atoms with Crippen molar-refractivity contribution in [1.29, 1.82) is 5.26 Å². The molecule has 0 amide bonds. The van der Waals surface area contributed by atoms with Crippen LogP contribution in [0, 0.1) is 11.3 Å². The van der Waals surface area contributed by atoms with Crippen molar-refractivity contribution in [3.63, 3.8) is 0 Å². The predicted molar refractivity (Wildman–Crippen MR) is 140 cm³/mol. The second-order valence-corrected chi connectivity index (χ2v) is 9.76. The molecule has 0 aliphatic rings. The molecule has 0 spiro atoms. The summed E-state index contributed by atoms with van der Waals surface area (Å²) in [6.45, 7) is 1.20. The van der Waals surface area contributed by atoms with Crippen LogP contribution >= 0.6 is 11.3 Å². The fourth-order valence-electron chi connectivity index (χ4n) is 4.85. The molecule has 0 atom stereocenters. The Hall–Kier alpha value is -4.32. The molecule has 0 radical (unpaired) electrons. The quantitative estimate of drug-likeness (QED) is 0.375. The zero-order valence-corrected chi connectivity index (χ0v) is 19.8. The van der Waals surface area contributed by atoms with E-state index >= 15 is 0 Å². The summed E-state index contributed by atoms with van der Waals surface area (Å²) in [5.41, 5.74) is 9.90. The first-order chi connectivity index (χ1) is 17.1. The Labute approximate surface area is 204 Å². The van der Waals surface area contributed by atoms with Crippen LogP contribution in [0.2, 0.25) is 0 Å². The number of fused-ring (bicyclic) bond motifs is 2. The average molecular weight is 479 g/mol. The van der Waals surface area contributed by atoms with Gasteiger partial charge in [0.1, 0.15) is 11.8 Å². The van der Waals surface area contributed by atoms with Gasteiger partial charge in [0, 0.05) is 63.1 Å². The van der Waals surface area contributed by atoms with Gasteiger partial charge in [-0.25, -0.2) is 4.79 Å². The number of imidazole rings is 1. The summed E-state index contributed by atoms with van der Waals surface area (Å²) >= 11 is 1.69. The van der Waals surface area contributed by atoms with Gasteiger partial charge in [-0.1, -0.05) is 36.4 Å². The second-order valence-electron chi connectivity index (χ2n) is 8.50. The van der Waals surface area contributed by atoms with Gasteiger partial charge in [-0.05, 0) is 24.3 Å². The third-order valence-corrected chi connectivity index (χ3v) is 7.50. The summed E-state index contributed by atoms with van der Waals surface area (Å²) in [6, 6.07) is 22.4. The molecule has 0 fully saturated rings. The van der Waals surface area contributed by atoms with E-state index in [9.17, 15) is 10.1 Å². The number of nitrogens with one attached hydrogen (secondary N) is 1. The lowest BCUT2D eigenvalue weighted by atomic mass is 10.1. The van der Waals surface area contributed by atoms with Crippen LogP contribution in [-0.4, -0.2) is 18.7 Å². The summed E-state index contributed by atoms with van der Waals surface area (Å²) < 4.78 is 5.79. The minimum atomic E-state index is -0.337. The van der Waals surface area contributed by atoms with Crippen LogP contribution in [0.25, 0.3) is 38.8 Å². The van der Waals surface area contributed by atoms with E-state index in [1.165, 1.54) is 4.88 Å². The van der Waals surface area contributed by atoms with Crippen molar-refractivity contribution in [3.8, 4) is 23.0 Å². The second kappa shape index (κ2) is 8.17. The molecule has 6 aromatic rings. The number of thiophene rings is 1. The maximum atomic E-state index is 13.2. The van der Waals surface area contributed by atoms with Crippen LogP contribution in [-0.2, 0) is 20.1 Å². The Balaban J connectivity index is 1.61. The summed E-state index contributed by atoms with van der Waals surface area (Å²) in [7, 11) is 1.96. The number of benzene rings is 2. The Morgan fingerprint density at radius 2 is 1.69 bits per heavy atom. The summed E-state index contributed by atoms with van der Waals surface area (Å²) in [5.74, 6) is 0. The largest absolute Gasteiger partial charge is 0.348 e. The maximum absolute atomic E-state index is 13.2. The van der Waals surface area contributed by atoms with Crippen LogP contribution in [0.4, 0.5) is 0 Å². The summed E-state index contributed by atoms with van der Waals surface area (Å²) in [6.07, 6.45) is 3.97. The van der Waals surface area contributed by atoms with Gasteiger partial charge in [0.25, 0.3) is 0 Å². The number of nitrogens with zero attached hydrogens (tertiary/aromatic N) is 4. The minimum absolute atomic E-state index is 0.243. The summed E-state index contributed by atoms with van der Waals surface area (Å²) in [4.78, 5) is 18.4. The zero-order valence-electron chi connectivity index (χ0n) is 19.0. The highest BCUT2D eigenvalue weighted by molar-refractivity contribution is 7.11. The van der Waals surface area contributed by atoms with Gasteiger partial charge in [-0.2, -0.15) is 5.26 Å². The molecule has 7 nitrogen and oxygen atoms in total. The van der Waals surface area contributed by atoms with Crippen LogP contribution < -0.4 is 11.4 Å². The van der Waals surface area contributed by atoms with Gasteiger partial charge in [-0.3, -0.25) is 9.55 Å². The highest BCUT2D eigenvalue weighted by Gasteiger charge is 2.23. The van der Waals surface area contributed by atoms with Gasteiger partial charge in [0.15, 0.2) is 0 Å². The van der Waals surface area contributed by atoms with E-state index in [0.717, 1.165) is 37.9 Å². The Kier molecular flexibility index (Phi) is 4.95. The monoisotopic (exact) mass is 478 g/mol. The Morgan fingerprint density at radius 1 is 0.971 bits per heavy atom. The first kappa shape index (κ1) is 21.2. The van der Waals surface area contributed by atoms with E-state index in [4.69, 9.17) is 5.73 Å². The third kappa shape index (κ3) is 3.33. The maximum Gasteiger partial charge on any atom is 0.331 e. The average Bonchev–Trinajstić information content (AvgIpc) is 3.64. The Bertz CT molecular complexity index is 1820. The molecule has 0 saturated heterocycles. The number of hydrogen-bond acceptors (Lipinski definition) is 4. The van der Waals surface area contributed by atoms with Gasteiger partial charge in [-0.15, -0.1) is 11.3 Å². The highest BCUT2D eigenvalue weighted by atomic mass is 32.1. The molecule has 0 unspecified atom stereocenters. The van der Waals surface area contributed by atoms with Crippen molar-refractivity contribution in [2.24, 2.45) is 12.8 Å². The Morgan fingerprint density at radius 3 is 2.43 bits per heavy atom. The van der Waals surface area contributed by atoms with E-state index in [1.807, 2.05) is 66.5 Å². The predicted octanol–water partition coefficient (Wildman–Crippen LogP) is 4.72. The lowest BCUT2D eigenvalue weighted by molar-refractivity contribution is 0.851. The van der Waals surface area contributed by atoms with E-state index in [1.54, 1.807) is 15.9 Å². The molecule has 8 heteroatoms. The van der Waals surface area contributed by atoms with Crippen molar-refractivity contribution < 1.29 is 0 Å². The standard InChI is InChI=1S/C27H22N6OS/c1-31-16-25(20-7-3-4-8-23(20)31)33-26(22(13-29)30-27(33)34)21-15-32(24-9-5-2-6-19(21)24)14-18-11-10-17(12-28)35-18/h2-11,15-16H,12,14,28H2,1H3,(H,30,34). The molecule has 0 aliphatic carbocycles. The van der Waals surface area contributed by atoms with E-state index in [0.29, 0.717) is 18.8 Å². The van der Waals surface area contributed by atoms with Crippen LogP contribution in [0.1, 0.15) is 15.4 Å². The number of aromatic amines is 1. The molecule has 0 saturated carbocycles. The molecule has 0 bridgehead atoms. The zero-order chi connectivity index (χ0) is 24.1. The molecule has 2 aromatic carbocycles. The van der Waals surface area contributed by atoms with Crippen molar-refractivity contribution in [2.45, 2.75) is 13.1 Å². The van der Waals surface area contributed by atoms with Crippen LogP contribution in [0.15, 0.2) is 77.9 Å². The van der Waals surface area contributed by atoms with Crippen LogP contribution in [0.5, 0.6) is 0 Å². The van der Waals surface area contributed by atoms with Crippen LogP contribution in [0.3, 0.4) is 0 Å². The highest BCUT2D eigenvalue weighted by Crippen LogP contribution is 2.35. The first-order valence-corrected chi connectivity index (χ1v) is 12.1. The minimum Gasteiger partial charge on any atom is -0.348 e. The van der Waals surface area contributed by atoms with Gasteiger partial charge in [0.05, 0.1) is 17.9 Å². The number of H-pyrrole nitrogens is 1. The third-order valence-electron chi connectivity index (χ3n) is 6.41. The van der Waals surface area contributed by atoms with E-state index in [-0.39, 0.29) is 11.4 Å². The molecular weight excluding hydrogens is 456 g/mol. The molecule has 3 N–H and O–H groups in total. The molecule has 0 aliphatic heterocycles. The molecule has 6 rings (SSSR count). The fraction of sp³-hybridized carbons (Fsp3) is 0.111. The van der Waals surface area contributed by atoms with Gasteiger partial charge in [0.2, 0.25) is 0 Å². The SMILES string of the molecule is Cn1cc(-n2c(-c3cn(Cc4ccc(CN)s4)c4ccccc34)c(C#N)[nH]c2=O)c2ccccc21. The molecule has 172 valence electrons. The lowest BCUT2D eigenvalue weighted by Gasteiger charge is -2.06. The van der Waals surface area contributed by atoms with Crippen molar-refractivity contribution in [3.05, 3.63) is 99.0 Å². The normalized spacial score (nSPS) is 11.5. The first-order valence-electron chi connectivity index (χ1n) is 11.2. The van der Waals surface area contributed by atoms with Crippen molar-refractivity contribution in [1.82, 2.24) is 18.7 Å². The van der Waals surface area contributed by atoms with Gasteiger partial charge < -0.3 is 14.9 Å². The fourth-order valence-corrected chi connectivity index (χ4v) is 5.75. The van der Waals surface area contributed by atoms with Crippen molar-refractivity contribution >= 4 is 33.1 Å². The number of rotatable bonds is 5. The molecule has 4 heterocycles. The molecule has 35 heavy (non-hydrogen) atoms. The number of aryl methyl sites for hydroxylation is 1. The smallest absolute Gasteiger partial charge is 0.331 e. The number of hydrogen-bond donors (Lipinski definition) is 2. The number of aromatic nitrogens is 4. The van der Waals surface area contributed by atoms with E-state index in [2.05, 4.69) is 33.8 Å².